The molecule has 1 aliphatic carbocycles. The Morgan fingerprint density at radius 1 is 1.07 bits per heavy atom. The molecule has 1 radical (unpaired) electrons. The van der Waals surface area contributed by atoms with Crippen LogP contribution in [0.1, 0.15) is 59.9 Å². The van der Waals surface area contributed by atoms with E-state index in [1.54, 1.807) is 0 Å². The zero-order chi connectivity index (χ0) is 19.2. The van der Waals surface area contributed by atoms with Gasteiger partial charge in [-0.05, 0) is 73.6 Å². The monoisotopic (exact) mass is 472 g/mol. The van der Waals surface area contributed by atoms with E-state index in [2.05, 4.69) is 50.2 Å². The molecule has 2 aromatic carbocycles. The van der Waals surface area contributed by atoms with Gasteiger partial charge in [-0.25, -0.2) is 0 Å². The maximum absolute atomic E-state index is 9.51. The van der Waals surface area contributed by atoms with E-state index in [-0.39, 0.29) is 39.3 Å². The van der Waals surface area contributed by atoms with Gasteiger partial charge in [-0.15, -0.1) is 11.6 Å². The Morgan fingerprint density at radius 2 is 1.82 bits per heavy atom. The fourth-order valence-corrected chi connectivity index (χ4v) is 5.29. The van der Waals surface area contributed by atoms with Crippen LogP contribution >= 0.6 is 11.6 Å². The van der Waals surface area contributed by atoms with E-state index in [1.165, 1.54) is 47.9 Å². The predicted molar refractivity (Wildman–Crippen MR) is 114 cm³/mol. The average molecular weight is 473 g/mol. The van der Waals surface area contributed by atoms with Crippen molar-refractivity contribution in [3.63, 3.8) is 0 Å². The third-order valence-corrected chi connectivity index (χ3v) is 6.92. The third-order valence-electron chi connectivity index (χ3n) is 6.38. The Kier molecular flexibility index (Phi) is 10.2. The second-order valence-corrected chi connectivity index (χ2v) is 8.79. The summed E-state index contributed by atoms with van der Waals surface area (Å²) in [5.74, 6) is 1.39. The number of hydrogen-bond donors (Lipinski definition) is 1. The van der Waals surface area contributed by atoms with E-state index in [0.29, 0.717) is 11.3 Å². The number of halogens is 1. The van der Waals surface area contributed by atoms with Gasteiger partial charge in [-0.1, -0.05) is 31.4 Å². The van der Waals surface area contributed by atoms with Gasteiger partial charge in [0.25, 0.3) is 0 Å². The van der Waals surface area contributed by atoms with Crippen LogP contribution in [0.15, 0.2) is 36.4 Å². The Balaban J connectivity index is 0.00000280. The van der Waals surface area contributed by atoms with Crippen molar-refractivity contribution in [2.75, 3.05) is 0 Å². The molecule has 0 saturated heterocycles. The molecule has 1 N–H and O–H groups in total. The number of aliphatic hydroxyl groups excluding tert-OH is 1. The summed E-state index contributed by atoms with van der Waals surface area (Å²) < 4.78 is 0. The number of aryl methyl sites for hydroxylation is 4. The molecule has 3 rings (SSSR count). The first-order chi connectivity index (χ1) is 13.1. The first kappa shape index (κ1) is 24.1. The Hall–Kier alpha value is -0.206. The zero-order valence-corrected chi connectivity index (χ0v) is 20.8. The number of aliphatic hydroxyl groups is 1. The van der Waals surface area contributed by atoms with Crippen LogP contribution < -0.4 is 0 Å². The van der Waals surface area contributed by atoms with Crippen LogP contribution in [0, 0.1) is 31.7 Å². The Morgan fingerprint density at radius 3 is 2.46 bits per heavy atom. The first-order valence-electron chi connectivity index (χ1n) is 10.4. The molecule has 1 unspecified atom stereocenters. The quantitative estimate of drug-likeness (QED) is 0.359. The van der Waals surface area contributed by atoms with E-state index in [0.717, 1.165) is 30.7 Å². The van der Waals surface area contributed by atoms with E-state index < -0.39 is 0 Å². The van der Waals surface area contributed by atoms with Crippen molar-refractivity contribution in [2.45, 2.75) is 70.8 Å². The summed E-state index contributed by atoms with van der Waals surface area (Å²) in [5, 5.41) is 9.84. The molecule has 0 heterocycles. The van der Waals surface area contributed by atoms with Crippen molar-refractivity contribution in [1.82, 2.24) is 0 Å². The van der Waals surface area contributed by atoms with Gasteiger partial charge in [-0.2, -0.15) is 35.9 Å². The molecule has 1 saturated carbocycles. The van der Waals surface area contributed by atoms with Gasteiger partial charge in [-0.3, -0.25) is 0 Å². The Bertz CT molecular complexity index is 708. The summed E-state index contributed by atoms with van der Waals surface area (Å²) in [6.45, 7) is 4.34. The number of benzene rings is 2. The second kappa shape index (κ2) is 11.8. The van der Waals surface area contributed by atoms with Crippen molar-refractivity contribution < 1.29 is 37.8 Å². The number of hydrogen-bond acceptors (Lipinski definition) is 1. The van der Waals surface area contributed by atoms with Crippen molar-refractivity contribution in [1.29, 1.82) is 0 Å². The summed E-state index contributed by atoms with van der Waals surface area (Å²) in [7, 11) is 0. The van der Waals surface area contributed by atoms with Crippen molar-refractivity contribution in [2.24, 2.45) is 11.8 Å². The molecule has 0 aromatic heterocycles. The van der Waals surface area contributed by atoms with Gasteiger partial charge in [0.05, 0.1) is 6.61 Å². The number of rotatable bonds is 8. The zero-order valence-electron chi connectivity index (χ0n) is 17.3. The molecule has 0 amide bonds. The largest absolute Gasteiger partial charge is 0.392 e. The topological polar surface area (TPSA) is 20.2 Å². The standard InChI is InChI=1S/C25H32ClO.Y/c1-18-15-21(16-19(2)24(18)17-27)11-13-23-22(12-14-25(23)26)10-6-9-20-7-4-3-5-8-20;/h3-4,7-8,15-16,22-23,25,27H,6,9-14,17H2,1-2H3;/q-1;/t22-,23+,25?;/m0./s1. The fourth-order valence-electron chi connectivity index (χ4n) is 4.84. The minimum absolute atomic E-state index is 0. The predicted octanol–water partition coefficient (Wildman–Crippen LogP) is 6.18. The summed E-state index contributed by atoms with van der Waals surface area (Å²) in [5.41, 5.74) is 6.27. The van der Waals surface area contributed by atoms with E-state index in [9.17, 15) is 5.11 Å². The Labute approximate surface area is 201 Å². The van der Waals surface area contributed by atoms with E-state index in [4.69, 9.17) is 11.6 Å². The molecular formula is C25H32ClOY-. The molecule has 1 aliphatic rings. The molecule has 28 heavy (non-hydrogen) atoms. The van der Waals surface area contributed by atoms with Crippen LogP contribution in [-0.2, 0) is 52.2 Å². The molecule has 0 spiro atoms. The van der Waals surface area contributed by atoms with Gasteiger partial charge in [0.15, 0.2) is 0 Å². The summed E-state index contributed by atoms with van der Waals surface area (Å²) in [4.78, 5) is 0. The molecule has 149 valence electrons. The molecule has 0 aliphatic heterocycles. The van der Waals surface area contributed by atoms with Crippen LogP contribution in [0.4, 0.5) is 0 Å². The molecule has 3 atom stereocenters. The SMILES string of the molecule is Cc1cc(CC[C@H]2C(Cl)CC[C@@H]2CCCc2c[c-]ccc2)cc(C)c1CO.[Y]. The molecule has 1 nitrogen and oxygen atoms in total. The molecule has 1 fully saturated rings. The smallest absolute Gasteiger partial charge is 0.0686 e. The summed E-state index contributed by atoms with van der Waals surface area (Å²) >= 11 is 6.71. The average Bonchev–Trinajstić information content (AvgIpc) is 3.00. The van der Waals surface area contributed by atoms with Gasteiger partial charge in [0.1, 0.15) is 0 Å². The summed E-state index contributed by atoms with van der Waals surface area (Å²) in [6.07, 6.45) is 8.38. The molecule has 3 heteroatoms. The minimum Gasteiger partial charge on any atom is -0.392 e. The fraction of sp³-hybridized carbons (Fsp3) is 0.520. The van der Waals surface area contributed by atoms with Gasteiger partial charge >= 0.3 is 0 Å². The molecule has 2 aromatic rings. The minimum atomic E-state index is 0. The normalized spacial score (nSPS) is 21.5. The maximum atomic E-state index is 9.51. The van der Waals surface area contributed by atoms with Crippen LogP contribution in [-0.4, -0.2) is 10.5 Å². The van der Waals surface area contributed by atoms with Gasteiger partial charge in [0.2, 0.25) is 0 Å². The first-order valence-corrected chi connectivity index (χ1v) is 10.8. The second-order valence-electron chi connectivity index (χ2n) is 8.23. The molecular weight excluding hydrogens is 441 g/mol. The van der Waals surface area contributed by atoms with Crippen molar-refractivity contribution in [3.8, 4) is 0 Å². The van der Waals surface area contributed by atoms with Crippen LogP contribution in [0.5, 0.6) is 0 Å². The van der Waals surface area contributed by atoms with Crippen molar-refractivity contribution in [3.05, 3.63) is 70.3 Å². The van der Waals surface area contributed by atoms with E-state index >= 15 is 0 Å². The third kappa shape index (κ3) is 6.40. The van der Waals surface area contributed by atoms with E-state index in [1.807, 2.05) is 6.07 Å². The van der Waals surface area contributed by atoms with Crippen LogP contribution in [0.3, 0.4) is 0 Å². The molecule has 0 bridgehead atoms. The van der Waals surface area contributed by atoms with Gasteiger partial charge in [0, 0.05) is 38.1 Å². The maximum Gasteiger partial charge on any atom is 0.0686 e. The van der Waals surface area contributed by atoms with Gasteiger partial charge < -0.3 is 5.11 Å². The van der Waals surface area contributed by atoms with Crippen molar-refractivity contribution >= 4 is 11.6 Å². The summed E-state index contributed by atoms with van der Waals surface area (Å²) in [6, 6.07) is 16.0. The van der Waals surface area contributed by atoms with Crippen LogP contribution in [0.2, 0.25) is 0 Å². The number of alkyl halides is 1. The van der Waals surface area contributed by atoms with Crippen LogP contribution in [0.25, 0.3) is 0 Å².